The van der Waals surface area contributed by atoms with Crippen LogP contribution in [0.5, 0.6) is 0 Å². The van der Waals surface area contributed by atoms with Crippen molar-refractivity contribution in [3.63, 3.8) is 0 Å². The molecule has 0 radical (unpaired) electrons. The van der Waals surface area contributed by atoms with Gasteiger partial charge < -0.3 is 21.5 Å². The Morgan fingerprint density at radius 1 is 1.31 bits per heavy atom. The topological polar surface area (TPSA) is 95.8 Å². The Kier molecular flexibility index (Phi) is 5.68. The molecule has 0 bridgehead atoms. The molecule has 0 spiro atoms. The molecule has 5 N–H and O–H groups in total. The molecule has 0 aromatic rings. The molecule has 1 amide bonds. The number of rotatable bonds is 5. The van der Waals surface area contributed by atoms with E-state index >= 15 is 0 Å². The number of carbonyl (C=O) groups is 1. The van der Waals surface area contributed by atoms with Crippen LogP contribution in [0.4, 0.5) is 0 Å². The third kappa shape index (κ3) is 3.71. The average molecular weight is 230 g/mol. The summed E-state index contributed by atoms with van der Waals surface area (Å²) >= 11 is 0. The van der Waals surface area contributed by atoms with Crippen LogP contribution in [0.25, 0.3) is 0 Å². The Bertz CT molecular complexity index is 217. The monoisotopic (exact) mass is 230 g/mol. The maximum atomic E-state index is 11.7. The maximum Gasteiger partial charge on any atom is 0.240 e. The van der Waals surface area contributed by atoms with Crippen molar-refractivity contribution in [2.75, 3.05) is 45.9 Å². The average Bonchev–Trinajstić information content (AvgIpc) is 2.35. The van der Waals surface area contributed by atoms with Gasteiger partial charge in [0, 0.05) is 45.9 Å². The van der Waals surface area contributed by atoms with Crippen LogP contribution in [0.1, 0.15) is 6.42 Å². The summed E-state index contributed by atoms with van der Waals surface area (Å²) in [6, 6.07) is -0.566. The number of amides is 1. The third-order valence-electron chi connectivity index (χ3n) is 2.89. The Hall–Kier alpha value is -0.690. The molecule has 0 aliphatic carbocycles. The van der Waals surface area contributed by atoms with Crippen molar-refractivity contribution in [3.05, 3.63) is 0 Å². The van der Waals surface area contributed by atoms with E-state index in [-0.39, 0.29) is 19.1 Å². The van der Waals surface area contributed by atoms with Gasteiger partial charge in [-0.2, -0.15) is 0 Å². The van der Waals surface area contributed by atoms with Crippen molar-refractivity contribution in [1.29, 1.82) is 0 Å². The minimum Gasteiger partial charge on any atom is -0.396 e. The fourth-order valence-electron chi connectivity index (χ4n) is 1.82. The molecular formula is C10H22N4O2. The standard InChI is InChI=1S/C10H22N4O2/c11-8-9(12)10(16)14-5-3-13(4-6-14)2-1-7-15/h9,15H,1-8,11-12H2/t9-/m1/s1. The molecule has 1 rings (SSSR count). The lowest BCUT2D eigenvalue weighted by Gasteiger charge is -2.35. The van der Waals surface area contributed by atoms with E-state index in [1.807, 2.05) is 0 Å². The van der Waals surface area contributed by atoms with Crippen LogP contribution in [0.15, 0.2) is 0 Å². The number of hydrogen-bond acceptors (Lipinski definition) is 5. The van der Waals surface area contributed by atoms with Crippen molar-refractivity contribution in [2.45, 2.75) is 12.5 Å². The van der Waals surface area contributed by atoms with Crippen LogP contribution < -0.4 is 11.5 Å². The zero-order valence-electron chi connectivity index (χ0n) is 9.64. The number of aliphatic hydroxyl groups is 1. The maximum absolute atomic E-state index is 11.7. The number of nitrogens with two attached hydrogens (primary N) is 2. The van der Waals surface area contributed by atoms with Crippen LogP contribution in [0.3, 0.4) is 0 Å². The van der Waals surface area contributed by atoms with Gasteiger partial charge in [-0.1, -0.05) is 0 Å². The first kappa shape index (κ1) is 13.4. The first-order valence-corrected chi connectivity index (χ1v) is 5.76. The van der Waals surface area contributed by atoms with Crippen molar-refractivity contribution >= 4 is 5.91 Å². The van der Waals surface area contributed by atoms with Crippen molar-refractivity contribution in [3.8, 4) is 0 Å². The normalized spacial score (nSPS) is 19.8. The lowest BCUT2D eigenvalue weighted by atomic mass is 10.2. The van der Waals surface area contributed by atoms with Gasteiger partial charge in [0.1, 0.15) is 0 Å². The predicted octanol–water partition coefficient (Wildman–Crippen LogP) is -2.20. The van der Waals surface area contributed by atoms with E-state index in [0.29, 0.717) is 13.1 Å². The molecule has 1 fully saturated rings. The molecule has 0 unspecified atom stereocenters. The van der Waals surface area contributed by atoms with E-state index < -0.39 is 6.04 Å². The van der Waals surface area contributed by atoms with Gasteiger partial charge in [0.2, 0.25) is 5.91 Å². The molecule has 1 saturated heterocycles. The molecule has 0 aromatic heterocycles. The first-order chi connectivity index (χ1) is 7.69. The van der Waals surface area contributed by atoms with Crippen molar-refractivity contribution in [1.82, 2.24) is 9.80 Å². The molecule has 16 heavy (non-hydrogen) atoms. The van der Waals surface area contributed by atoms with Crippen LogP contribution in [-0.2, 0) is 4.79 Å². The largest absolute Gasteiger partial charge is 0.396 e. The second kappa shape index (κ2) is 6.80. The lowest BCUT2D eigenvalue weighted by molar-refractivity contribution is -0.134. The van der Waals surface area contributed by atoms with Crippen LogP contribution in [0.2, 0.25) is 0 Å². The molecule has 1 atom stereocenters. The SMILES string of the molecule is NC[C@@H](N)C(=O)N1CCN(CCCO)CC1. The zero-order valence-corrected chi connectivity index (χ0v) is 9.64. The van der Waals surface area contributed by atoms with Crippen molar-refractivity contribution < 1.29 is 9.90 Å². The van der Waals surface area contributed by atoms with E-state index in [0.717, 1.165) is 26.1 Å². The predicted molar refractivity (Wildman–Crippen MR) is 61.8 cm³/mol. The Morgan fingerprint density at radius 2 is 1.94 bits per heavy atom. The fourth-order valence-corrected chi connectivity index (χ4v) is 1.82. The van der Waals surface area contributed by atoms with Gasteiger partial charge in [0.15, 0.2) is 0 Å². The van der Waals surface area contributed by atoms with Gasteiger partial charge >= 0.3 is 0 Å². The minimum absolute atomic E-state index is 0.0516. The first-order valence-electron chi connectivity index (χ1n) is 5.76. The molecular weight excluding hydrogens is 208 g/mol. The summed E-state index contributed by atoms with van der Waals surface area (Å²) in [5.41, 5.74) is 11.0. The van der Waals surface area contributed by atoms with E-state index in [2.05, 4.69) is 4.90 Å². The molecule has 1 aliphatic rings. The van der Waals surface area contributed by atoms with Gasteiger partial charge in [0.05, 0.1) is 6.04 Å². The highest BCUT2D eigenvalue weighted by Gasteiger charge is 2.23. The summed E-state index contributed by atoms with van der Waals surface area (Å²) in [5, 5.41) is 8.72. The molecule has 1 heterocycles. The highest BCUT2D eigenvalue weighted by Crippen LogP contribution is 2.03. The summed E-state index contributed by atoms with van der Waals surface area (Å²) in [4.78, 5) is 15.7. The second-order valence-corrected chi connectivity index (χ2v) is 4.09. The highest BCUT2D eigenvalue weighted by atomic mass is 16.3. The van der Waals surface area contributed by atoms with Crippen molar-refractivity contribution in [2.24, 2.45) is 11.5 Å². The van der Waals surface area contributed by atoms with E-state index in [9.17, 15) is 4.79 Å². The number of aliphatic hydroxyl groups excluding tert-OH is 1. The van der Waals surface area contributed by atoms with Crippen LogP contribution >= 0.6 is 0 Å². The molecule has 6 heteroatoms. The van der Waals surface area contributed by atoms with Crippen LogP contribution in [0, 0.1) is 0 Å². The number of nitrogens with zero attached hydrogens (tertiary/aromatic N) is 2. The molecule has 6 nitrogen and oxygen atoms in total. The second-order valence-electron chi connectivity index (χ2n) is 4.09. The minimum atomic E-state index is -0.566. The Labute approximate surface area is 96.2 Å². The third-order valence-corrected chi connectivity index (χ3v) is 2.89. The van der Waals surface area contributed by atoms with Gasteiger partial charge in [-0.3, -0.25) is 9.69 Å². The van der Waals surface area contributed by atoms with Crippen LogP contribution in [-0.4, -0.2) is 72.7 Å². The van der Waals surface area contributed by atoms with Gasteiger partial charge in [-0.05, 0) is 6.42 Å². The lowest BCUT2D eigenvalue weighted by Crippen LogP contribution is -2.54. The van der Waals surface area contributed by atoms with E-state index in [1.165, 1.54) is 0 Å². The van der Waals surface area contributed by atoms with Gasteiger partial charge in [0.25, 0.3) is 0 Å². The summed E-state index contributed by atoms with van der Waals surface area (Å²) < 4.78 is 0. The van der Waals surface area contributed by atoms with E-state index in [1.54, 1.807) is 4.90 Å². The summed E-state index contributed by atoms with van der Waals surface area (Å²) in [7, 11) is 0. The smallest absolute Gasteiger partial charge is 0.240 e. The van der Waals surface area contributed by atoms with E-state index in [4.69, 9.17) is 16.6 Å². The summed E-state index contributed by atoms with van der Waals surface area (Å²) in [6.07, 6.45) is 0.788. The van der Waals surface area contributed by atoms with Gasteiger partial charge in [-0.25, -0.2) is 0 Å². The molecule has 1 aliphatic heterocycles. The number of piperazine rings is 1. The van der Waals surface area contributed by atoms with Gasteiger partial charge in [-0.15, -0.1) is 0 Å². The molecule has 94 valence electrons. The Morgan fingerprint density at radius 3 is 2.44 bits per heavy atom. The zero-order chi connectivity index (χ0) is 12.0. The summed E-state index contributed by atoms with van der Waals surface area (Å²) in [5.74, 6) is -0.0516. The molecule has 0 saturated carbocycles. The Balaban J connectivity index is 2.28. The molecule has 0 aromatic carbocycles. The number of hydrogen-bond donors (Lipinski definition) is 3. The fraction of sp³-hybridized carbons (Fsp3) is 0.900. The quantitative estimate of drug-likeness (QED) is 0.498. The number of carbonyl (C=O) groups excluding carboxylic acids is 1. The highest BCUT2D eigenvalue weighted by molar-refractivity contribution is 5.82. The summed E-state index contributed by atoms with van der Waals surface area (Å²) in [6.45, 7) is 4.42.